The number of rotatable bonds is 4. The molecule has 120 valence electrons. The molecule has 0 radical (unpaired) electrons. The minimum atomic E-state index is -1.69. The third-order valence-corrected chi connectivity index (χ3v) is 6.69. The first-order valence-corrected chi connectivity index (χ1v) is 9.53. The van der Waals surface area contributed by atoms with Gasteiger partial charge in [-0.25, -0.2) is 9.59 Å². The van der Waals surface area contributed by atoms with Crippen molar-refractivity contribution in [2.75, 3.05) is 0 Å². The van der Waals surface area contributed by atoms with Crippen molar-refractivity contribution in [1.82, 2.24) is 0 Å². The minimum absolute atomic E-state index is 0.0883. The Balaban J connectivity index is 2.39. The molecule has 1 aliphatic carbocycles. The number of azo groups is 1. The molecule has 0 saturated heterocycles. The number of carbonyl (C=O) groups is 2. The van der Waals surface area contributed by atoms with Crippen molar-refractivity contribution in [3.05, 3.63) is 0 Å². The quantitative estimate of drug-likeness (QED) is 0.561. The van der Waals surface area contributed by atoms with Crippen LogP contribution in [0.5, 0.6) is 0 Å². The zero-order valence-electron chi connectivity index (χ0n) is 13.4. The number of ether oxygens (including phenoxy) is 1. The summed E-state index contributed by atoms with van der Waals surface area (Å²) in [7, 11) is -1.69. The molecule has 1 saturated carbocycles. The molecule has 2 amide bonds. The number of hydrogen-bond acceptors (Lipinski definition) is 4. The highest BCUT2D eigenvalue weighted by atomic mass is 28.3. The van der Waals surface area contributed by atoms with Gasteiger partial charge in [-0.15, -0.1) is 0 Å². The van der Waals surface area contributed by atoms with E-state index in [4.69, 9.17) is 9.16 Å². The molecule has 0 heterocycles. The van der Waals surface area contributed by atoms with Crippen LogP contribution in [0.2, 0.25) is 11.1 Å². The van der Waals surface area contributed by atoms with Gasteiger partial charge < -0.3 is 9.16 Å². The van der Waals surface area contributed by atoms with Crippen LogP contribution in [0, 0.1) is 0 Å². The summed E-state index contributed by atoms with van der Waals surface area (Å²) in [4.78, 5) is 23.1. The largest absolute Gasteiger partial charge is 0.503 e. The van der Waals surface area contributed by atoms with Crippen LogP contribution in [0.15, 0.2) is 10.2 Å². The Bertz CT molecular complexity index is 371. The molecular formula is C14H26N2O4Si. The van der Waals surface area contributed by atoms with Crippen molar-refractivity contribution in [2.45, 2.75) is 77.0 Å². The highest BCUT2D eigenvalue weighted by Gasteiger charge is 2.25. The molecule has 0 spiro atoms. The maximum Gasteiger partial charge on any atom is 0.452 e. The normalized spacial score (nSPS) is 16.9. The lowest BCUT2D eigenvalue weighted by Crippen LogP contribution is -2.27. The lowest BCUT2D eigenvalue weighted by Gasteiger charge is -2.21. The molecule has 7 heteroatoms. The van der Waals surface area contributed by atoms with E-state index in [1.807, 2.05) is 27.7 Å². The molecule has 1 fully saturated rings. The van der Waals surface area contributed by atoms with Crippen LogP contribution in [-0.2, 0) is 9.16 Å². The Hall–Kier alpha value is -1.24. The second-order valence-electron chi connectivity index (χ2n) is 6.18. The smallest absolute Gasteiger partial charge is 0.452 e. The Morgan fingerprint density at radius 3 is 2.00 bits per heavy atom. The third-order valence-electron chi connectivity index (χ3n) is 3.58. The molecule has 1 rings (SSSR count). The van der Waals surface area contributed by atoms with Gasteiger partial charge >= 0.3 is 12.2 Å². The van der Waals surface area contributed by atoms with Gasteiger partial charge in [0.1, 0.15) is 6.10 Å². The van der Waals surface area contributed by atoms with E-state index in [1.54, 1.807) is 0 Å². The third kappa shape index (κ3) is 6.84. The van der Waals surface area contributed by atoms with Gasteiger partial charge in [0.05, 0.1) is 0 Å². The van der Waals surface area contributed by atoms with Gasteiger partial charge in [-0.05, 0) is 36.8 Å². The standard InChI is InChI=1S/C14H26N2O4Si/c1-10(2)21(11(3)4)20-14(18)16-15-13(17)19-12-8-6-5-7-9-12/h10-12,21H,5-9H2,1-4H3. The zero-order chi connectivity index (χ0) is 15.8. The Morgan fingerprint density at radius 2 is 1.48 bits per heavy atom. The van der Waals surface area contributed by atoms with Crippen molar-refractivity contribution in [3.63, 3.8) is 0 Å². The molecule has 0 aromatic carbocycles. The fourth-order valence-corrected chi connectivity index (χ4v) is 4.98. The van der Waals surface area contributed by atoms with E-state index in [2.05, 4.69) is 10.2 Å². The highest BCUT2D eigenvalue weighted by Crippen LogP contribution is 2.22. The van der Waals surface area contributed by atoms with Gasteiger partial charge in [-0.2, -0.15) is 0 Å². The first-order chi connectivity index (χ1) is 9.90. The number of hydrogen-bond donors (Lipinski definition) is 0. The van der Waals surface area contributed by atoms with E-state index in [1.165, 1.54) is 6.42 Å². The molecule has 1 aliphatic rings. The van der Waals surface area contributed by atoms with Crippen molar-refractivity contribution in [2.24, 2.45) is 10.2 Å². The second-order valence-corrected chi connectivity index (χ2v) is 10.0. The van der Waals surface area contributed by atoms with E-state index in [0.29, 0.717) is 11.1 Å². The molecular weight excluding hydrogens is 288 g/mol. The number of carbonyl (C=O) groups excluding carboxylic acids is 2. The van der Waals surface area contributed by atoms with Crippen LogP contribution < -0.4 is 0 Å². The summed E-state index contributed by atoms with van der Waals surface area (Å²) in [5.41, 5.74) is 0.636. The van der Waals surface area contributed by atoms with E-state index >= 15 is 0 Å². The Kier molecular flexibility index (Phi) is 7.56. The van der Waals surface area contributed by atoms with Crippen molar-refractivity contribution in [1.29, 1.82) is 0 Å². The van der Waals surface area contributed by atoms with Crippen molar-refractivity contribution < 1.29 is 18.8 Å². The van der Waals surface area contributed by atoms with Crippen LogP contribution in [0.25, 0.3) is 0 Å². The molecule has 0 unspecified atom stereocenters. The second kappa shape index (κ2) is 8.91. The minimum Gasteiger partial charge on any atom is -0.503 e. The average molecular weight is 314 g/mol. The number of amides is 2. The van der Waals surface area contributed by atoms with E-state index in [9.17, 15) is 9.59 Å². The molecule has 0 aliphatic heterocycles. The Labute approximate surface area is 128 Å². The lowest BCUT2D eigenvalue weighted by atomic mass is 9.98. The summed E-state index contributed by atoms with van der Waals surface area (Å²) in [5, 5.41) is 6.62. The van der Waals surface area contributed by atoms with E-state index in [-0.39, 0.29) is 6.10 Å². The van der Waals surface area contributed by atoms with Gasteiger partial charge in [0, 0.05) is 0 Å². The van der Waals surface area contributed by atoms with Gasteiger partial charge in [0.25, 0.3) is 0 Å². The summed E-state index contributed by atoms with van der Waals surface area (Å²) in [6.07, 6.45) is 3.36. The molecule has 0 aromatic heterocycles. The van der Waals surface area contributed by atoms with Gasteiger partial charge in [0.15, 0.2) is 0 Å². The van der Waals surface area contributed by atoms with E-state index < -0.39 is 21.2 Å². The maximum absolute atomic E-state index is 11.6. The SMILES string of the molecule is CC(C)[SiH](OC(=O)N=NC(=O)OC1CCCCC1)C(C)C. The average Bonchev–Trinajstić information content (AvgIpc) is 2.43. The maximum atomic E-state index is 11.6. The summed E-state index contributed by atoms with van der Waals surface area (Å²) in [6, 6.07) is 0. The summed E-state index contributed by atoms with van der Waals surface area (Å²) in [6.45, 7) is 8.11. The van der Waals surface area contributed by atoms with Crippen LogP contribution in [-0.4, -0.2) is 27.3 Å². The first kappa shape index (κ1) is 17.8. The molecule has 0 N–H and O–H groups in total. The van der Waals surface area contributed by atoms with Gasteiger partial charge in [0.2, 0.25) is 9.04 Å². The highest BCUT2D eigenvalue weighted by molar-refractivity contribution is 6.56. The monoisotopic (exact) mass is 314 g/mol. The van der Waals surface area contributed by atoms with Crippen LogP contribution in [0.3, 0.4) is 0 Å². The first-order valence-electron chi connectivity index (χ1n) is 7.73. The molecule has 6 nitrogen and oxygen atoms in total. The summed E-state index contributed by atoms with van der Waals surface area (Å²) < 4.78 is 10.5. The van der Waals surface area contributed by atoms with Crippen LogP contribution >= 0.6 is 0 Å². The van der Waals surface area contributed by atoms with Gasteiger partial charge in [-0.1, -0.05) is 44.3 Å². The molecule has 21 heavy (non-hydrogen) atoms. The van der Waals surface area contributed by atoms with Crippen LogP contribution in [0.4, 0.5) is 9.59 Å². The summed E-state index contributed by atoms with van der Waals surface area (Å²) >= 11 is 0. The van der Waals surface area contributed by atoms with Crippen molar-refractivity contribution in [3.8, 4) is 0 Å². The number of nitrogens with zero attached hydrogens (tertiary/aromatic N) is 2. The fraction of sp³-hybridized carbons (Fsp3) is 0.857. The molecule has 0 atom stereocenters. The molecule has 0 bridgehead atoms. The van der Waals surface area contributed by atoms with Crippen molar-refractivity contribution >= 4 is 21.2 Å². The Morgan fingerprint density at radius 1 is 0.952 bits per heavy atom. The lowest BCUT2D eigenvalue weighted by molar-refractivity contribution is 0.0817. The van der Waals surface area contributed by atoms with Crippen LogP contribution in [0.1, 0.15) is 59.8 Å². The van der Waals surface area contributed by atoms with E-state index in [0.717, 1.165) is 25.7 Å². The fourth-order valence-electron chi connectivity index (χ4n) is 2.61. The predicted octanol–water partition coefficient (Wildman–Crippen LogP) is 4.59. The zero-order valence-corrected chi connectivity index (χ0v) is 14.5. The van der Waals surface area contributed by atoms with Gasteiger partial charge in [-0.3, -0.25) is 0 Å². The topological polar surface area (TPSA) is 77.3 Å². The summed E-state index contributed by atoms with van der Waals surface area (Å²) in [5.74, 6) is 0. The predicted molar refractivity (Wildman–Crippen MR) is 82.0 cm³/mol. The molecule has 0 aromatic rings.